The third-order valence-corrected chi connectivity index (χ3v) is 2.04. The quantitative estimate of drug-likeness (QED) is 0.724. The summed E-state index contributed by atoms with van der Waals surface area (Å²) in [5.41, 5.74) is 0.281. The molecule has 1 aromatic rings. The maximum absolute atomic E-state index is 11.5. The van der Waals surface area contributed by atoms with Crippen molar-refractivity contribution in [3.8, 4) is 11.5 Å². The van der Waals surface area contributed by atoms with Crippen molar-refractivity contribution in [2.75, 3.05) is 20.8 Å². The highest BCUT2D eigenvalue weighted by molar-refractivity contribution is 5.96. The van der Waals surface area contributed by atoms with Crippen LogP contribution in [0.25, 0.3) is 0 Å². The molecule has 6 nitrogen and oxygen atoms in total. The lowest BCUT2D eigenvalue weighted by molar-refractivity contribution is -0.303. The molecule has 92 valence electrons. The van der Waals surface area contributed by atoms with E-state index in [1.165, 1.54) is 26.4 Å². The molecule has 1 N–H and O–H groups in total. The van der Waals surface area contributed by atoms with Crippen molar-refractivity contribution in [2.24, 2.45) is 0 Å². The highest BCUT2D eigenvalue weighted by Crippen LogP contribution is 2.27. The number of aliphatic carboxylic acids is 1. The van der Waals surface area contributed by atoms with E-state index in [1.807, 2.05) is 0 Å². The number of amides is 1. The number of carbonyl (C=O) groups is 2. The normalized spacial score (nSPS) is 9.53. The van der Waals surface area contributed by atoms with Crippen molar-refractivity contribution < 1.29 is 24.2 Å². The van der Waals surface area contributed by atoms with E-state index in [2.05, 4.69) is 5.32 Å². The molecule has 1 rings (SSSR count). The summed E-state index contributed by atoms with van der Waals surface area (Å²) >= 11 is 0. The average molecular weight is 238 g/mol. The Hall–Kier alpha value is -2.24. The second kappa shape index (κ2) is 5.74. The molecule has 6 heteroatoms. The number of ether oxygens (including phenoxy) is 2. The topological polar surface area (TPSA) is 87.7 Å². The SMILES string of the molecule is COc1ccc(C(=O)NCC(=O)[O-])cc1OC. The lowest BCUT2D eigenvalue weighted by Crippen LogP contribution is -2.37. The Morgan fingerprint density at radius 3 is 2.41 bits per heavy atom. The molecule has 1 amide bonds. The van der Waals surface area contributed by atoms with E-state index < -0.39 is 18.4 Å². The van der Waals surface area contributed by atoms with Gasteiger partial charge in [-0.1, -0.05) is 0 Å². The Balaban J connectivity index is 2.84. The Morgan fingerprint density at radius 1 is 1.24 bits per heavy atom. The van der Waals surface area contributed by atoms with Crippen LogP contribution in [0.1, 0.15) is 10.4 Å². The number of carboxylic acids is 1. The van der Waals surface area contributed by atoms with E-state index in [4.69, 9.17) is 9.47 Å². The van der Waals surface area contributed by atoms with Crippen LogP contribution in [-0.4, -0.2) is 32.6 Å². The predicted octanol–water partition coefficient (Wildman–Crippen LogP) is -0.816. The van der Waals surface area contributed by atoms with Gasteiger partial charge >= 0.3 is 0 Å². The van der Waals surface area contributed by atoms with Crippen LogP contribution in [-0.2, 0) is 4.79 Å². The third-order valence-electron chi connectivity index (χ3n) is 2.04. The van der Waals surface area contributed by atoms with E-state index in [9.17, 15) is 14.7 Å². The van der Waals surface area contributed by atoms with Crippen molar-refractivity contribution in [3.63, 3.8) is 0 Å². The minimum absolute atomic E-state index is 0.281. The first kappa shape index (κ1) is 12.8. The molecule has 0 aromatic heterocycles. The minimum atomic E-state index is -1.35. The highest BCUT2D eigenvalue weighted by atomic mass is 16.5. The van der Waals surface area contributed by atoms with Crippen LogP contribution in [0.4, 0.5) is 0 Å². The van der Waals surface area contributed by atoms with Crippen molar-refractivity contribution in [2.45, 2.75) is 0 Å². The van der Waals surface area contributed by atoms with Gasteiger partial charge in [-0.25, -0.2) is 0 Å². The van der Waals surface area contributed by atoms with Crippen LogP contribution in [0.2, 0.25) is 0 Å². The average Bonchev–Trinajstić information content (AvgIpc) is 2.34. The lowest BCUT2D eigenvalue weighted by atomic mass is 10.2. The number of hydrogen-bond acceptors (Lipinski definition) is 5. The molecular formula is C11H12NO5-. The zero-order chi connectivity index (χ0) is 12.8. The van der Waals surface area contributed by atoms with E-state index in [0.29, 0.717) is 11.5 Å². The maximum Gasteiger partial charge on any atom is 0.251 e. The van der Waals surface area contributed by atoms with Gasteiger partial charge in [0.05, 0.1) is 26.7 Å². The summed E-state index contributed by atoms with van der Waals surface area (Å²) in [6.07, 6.45) is 0. The monoisotopic (exact) mass is 238 g/mol. The van der Waals surface area contributed by atoms with Crippen LogP contribution in [0.5, 0.6) is 11.5 Å². The molecule has 0 saturated heterocycles. The maximum atomic E-state index is 11.5. The number of methoxy groups -OCH3 is 2. The van der Waals surface area contributed by atoms with Crippen molar-refractivity contribution >= 4 is 11.9 Å². The first-order valence-corrected chi connectivity index (χ1v) is 4.78. The Morgan fingerprint density at radius 2 is 1.88 bits per heavy atom. The largest absolute Gasteiger partial charge is 0.548 e. The highest BCUT2D eigenvalue weighted by Gasteiger charge is 2.10. The number of carboxylic acid groups (broad SMARTS) is 1. The van der Waals surface area contributed by atoms with Gasteiger partial charge in [0.2, 0.25) is 0 Å². The third kappa shape index (κ3) is 3.37. The lowest BCUT2D eigenvalue weighted by Gasteiger charge is -2.10. The molecular weight excluding hydrogens is 226 g/mol. The molecule has 0 bridgehead atoms. The summed E-state index contributed by atoms with van der Waals surface area (Å²) in [4.78, 5) is 21.7. The minimum Gasteiger partial charge on any atom is -0.548 e. The molecule has 0 spiro atoms. The Bertz CT molecular complexity index is 430. The number of hydrogen-bond donors (Lipinski definition) is 1. The molecule has 0 aliphatic carbocycles. The molecule has 0 fully saturated rings. The summed E-state index contributed by atoms with van der Waals surface area (Å²) in [5.74, 6) is -0.980. The van der Waals surface area contributed by atoms with Crippen molar-refractivity contribution in [1.29, 1.82) is 0 Å². The fraction of sp³-hybridized carbons (Fsp3) is 0.273. The molecule has 0 aliphatic rings. The number of rotatable bonds is 5. The van der Waals surface area contributed by atoms with Gasteiger partial charge in [-0.3, -0.25) is 4.79 Å². The van der Waals surface area contributed by atoms with Crippen LogP contribution in [0, 0.1) is 0 Å². The zero-order valence-corrected chi connectivity index (χ0v) is 9.48. The van der Waals surface area contributed by atoms with Crippen LogP contribution < -0.4 is 19.9 Å². The summed E-state index contributed by atoms with van der Waals surface area (Å²) < 4.78 is 10.0. The Labute approximate surface area is 98.2 Å². The van der Waals surface area contributed by atoms with Crippen LogP contribution >= 0.6 is 0 Å². The van der Waals surface area contributed by atoms with Gasteiger partial charge in [0, 0.05) is 5.56 Å². The van der Waals surface area contributed by atoms with Crippen molar-refractivity contribution in [3.05, 3.63) is 23.8 Å². The van der Waals surface area contributed by atoms with Gasteiger partial charge in [-0.15, -0.1) is 0 Å². The fourth-order valence-corrected chi connectivity index (χ4v) is 1.23. The van der Waals surface area contributed by atoms with Gasteiger partial charge < -0.3 is 24.7 Å². The predicted molar refractivity (Wildman–Crippen MR) is 56.9 cm³/mol. The molecule has 1 aromatic carbocycles. The molecule has 0 radical (unpaired) electrons. The molecule has 0 heterocycles. The van der Waals surface area contributed by atoms with Gasteiger partial charge in [0.25, 0.3) is 5.91 Å². The molecule has 0 aliphatic heterocycles. The first-order chi connectivity index (χ1) is 8.08. The summed E-state index contributed by atoms with van der Waals surface area (Å²) in [6.45, 7) is -0.535. The van der Waals surface area contributed by atoms with Gasteiger partial charge in [-0.2, -0.15) is 0 Å². The standard InChI is InChI=1S/C11H13NO5/c1-16-8-4-3-7(5-9(8)17-2)11(15)12-6-10(13)14/h3-5H,6H2,1-2H3,(H,12,15)(H,13,14)/p-1. The fourth-order valence-electron chi connectivity index (χ4n) is 1.23. The molecule has 0 atom stereocenters. The smallest absolute Gasteiger partial charge is 0.251 e. The summed E-state index contributed by atoms with van der Waals surface area (Å²) in [6, 6.07) is 4.53. The molecule has 17 heavy (non-hydrogen) atoms. The van der Waals surface area contributed by atoms with Crippen molar-refractivity contribution in [1.82, 2.24) is 5.32 Å². The van der Waals surface area contributed by atoms with Crippen LogP contribution in [0.15, 0.2) is 18.2 Å². The Kier molecular flexibility index (Phi) is 4.33. The first-order valence-electron chi connectivity index (χ1n) is 4.78. The van der Waals surface area contributed by atoms with Gasteiger partial charge in [0.1, 0.15) is 0 Å². The van der Waals surface area contributed by atoms with Gasteiger partial charge in [-0.05, 0) is 18.2 Å². The van der Waals surface area contributed by atoms with E-state index in [-0.39, 0.29) is 5.56 Å². The van der Waals surface area contributed by atoms with Crippen LogP contribution in [0.3, 0.4) is 0 Å². The van der Waals surface area contributed by atoms with E-state index in [0.717, 1.165) is 0 Å². The van der Waals surface area contributed by atoms with E-state index >= 15 is 0 Å². The summed E-state index contributed by atoms with van der Waals surface area (Å²) in [7, 11) is 2.93. The number of benzene rings is 1. The molecule has 0 unspecified atom stereocenters. The second-order valence-corrected chi connectivity index (χ2v) is 3.12. The number of carbonyl (C=O) groups excluding carboxylic acids is 2. The number of nitrogens with one attached hydrogen (secondary N) is 1. The summed E-state index contributed by atoms with van der Waals surface area (Å²) in [5, 5.41) is 12.4. The zero-order valence-electron chi connectivity index (χ0n) is 9.48. The molecule has 0 saturated carbocycles. The second-order valence-electron chi connectivity index (χ2n) is 3.12. The van der Waals surface area contributed by atoms with E-state index in [1.54, 1.807) is 6.07 Å². The van der Waals surface area contributed by atoms with Gasteiger partial charge in [0.15, 0.2) is 11.5 Å².